The van der Waals surface area contributed by atoms with Crippen LogP contribution in [0.25, 0.3) is 0 Å². The van der Waals surface area contributed by atoms with Crippen molar-refractivity contribution in [2.75, 3.05) is 18.4 Å². The van der Waals surface area contributed by atoms with Crippen molar-refractivity contribution in [1.82, 2.24) is 14.9 Å². The molecule has 3 heterocycles. The van der Waals surface area contributed by atoms with Crippen molar-refractivity contribution in [3.05, 3.63) is 34.1 Å². The van der Waals surface area contributed by atoms with Gasteiger partial charge in [-0.15, -0.1) is 11.3 Å². The fourth-order valence-corrected chi connectivity index (χ4v) is 3.62. The minimum atomic E-state index is -0.223. The molecule has 0 radical (unpaired) electrons. The molecule has 1 aliphatic rings. The van der Waals surface area contributed by atoms with Gasteiger partial charge >= 0.3 is 0 Å². The standard InChI is InChI=1S/C15H19ClN4OS/c1-10-3-2-4-20(7-10)8-12-9-22-15(18-12)19-14(21)13-5-11(16)6-17-13/h5-6,9-10,17H,2-4,7-8H2,1H3,(H,18,19,21). The third-order valence-corrected chi connectivity index (χ3v) is 4.82. The average molecular weight is 339 g/mol. The number of nitrogens with one attached hydrogen (secondary N) is 2. The maximum atomic E-state index is 12.0. The molecule has 7 heteroatoms. The van der Waals surface area contributed by atoms with Crippen LogP contribution < -0.4 is 5.32 Å². The molecule has 1 aliphatic heterocycles. The Labute approximate surface area is 138 Å². The summed E-state index contributed by atoms with van der Waals surface area (Å²) in [7, 11) is 0. The molecule has 22 heavy (non-hydrogen) atoms. The highest BCUT2D eigenvalue weighted by Crippen LogP contribution is 2.21. The molecule has 1 amide bonds. The number of piperidine rings is 1. The molecule has 0 spiro atoms. The quantitative estimate of drug-likeness (QED) is 0.895. The number of likely N-dealkylation sites (tertiary alicyclic amines) is 1. The highest BCUT2D eigenvalue weighted by Gasteiger charge is 2.18. The maximum absolute atomic E-state index is 12.0. The second-order valence-electron chi connectivity index (χ2n) is 5.81. The molecule has 2 aromatic rings. The van der Waals surface area contributed by atoms with E-state index in [-0.39, 0.29) is 5.91 Å². The van der Waals surface area contributed by atoms with Crippen LogP contribution in [0.15, 0.2) is 17.6 Å². The number of anilines is 1. The summed E-state index contributed by atoms with van der Waals surface area (Å²) in [6, 6.07) is 1.60. The lowest BCUT2D eigenvalue weighted by Crippen LogP contribution is -2.33. The van der Waals surface area contributed by atoms with Crippen LogP contribution in [0.2, 0.25) is 5.02 Å². The number of aromatic nitrogens is 2. The summed E-state index contributed by atoms with van der Waals surface area (Å²) in [6.45, 7) is 5.40. The first kappa shape index (κ1) is 15.5. The van der Waals surface area contributed by atoms with Crippen LogP contribution in [-0.4, -0.2) is 33.9 Å². The van der Waals surface area contributed by atoms with Gasteiger partial charge in [0, 0.05) is 24.7 Å². The van der Waals surface area contributed by atoms with Gasteiger partial charge < -0.3 is 4.98 Å². The van der Waals surface area contributed by atoms with Crippen molar-refractivity contribution in [2.45, 2.75) is 26.3 Å². The van der Waals surface area contributed by atoms with E-state index in [1.54, 1.807) is 12.3 Å². The molecule has 1 atom stereocenters. The zero-order valence-electron chi connectivity index (χ0n) is 12.4. The summed E-state index contributed by atoms with van der Waals surface area (Å²) in [6.07, 6.45) is 4.15. The van der Waals surface area contributed by atoms with Crippen molar-refractivity contribution in [2.24, 2.45) is 5.92 Å². The minimum absolute atomic E-state index is 0.223. The second kappa shape index (κ2) is 6.81. The SMILES string of the molecule is CC1CCCN(Cc2csc(NC(=O)c3cc(Cl)c[nH]3)n2)C1. The Morgan fingerprint density at radius 1 is 1.64 bits per heavy atom. The number of thiazole rings is 1. The van der Waals surface area contributed by atoms with Gasteiger partial charge in [0.25, 0.3) is 5.91 Å². The van der Waals surface area contributed by atoms with E-state index in [1.165, 1.54) is 24.2 Å². The molecular formula is C15H19ClN4OS. The number of amides is 1. The smallest absolute Gasteiger partial charge is 0.273 e. The van der Waals surface area contributed by atoms with Gasteiger partial charge in [-0.1, -0.05) is 18.5 Å². The zero-order valence-corrected chi connectivity index (χ0v) is 14.0. The predicted octanol–water partition coefficient (Wildman–Crippen LogP) is 3.61. The maximum Gasteiger partial charge on any atom is 0.273 e. The molecule has 1 saturated heterocycles. The van der Waals surface area contributed by atoms with Gasteiger partial charge in [0.05, 0.1) is 10.7 Å². The third-order valence-electron chi connectivity index (χ3n) is 3.79. The van der Waals surface area contributed by atoms with Gasteiger partial charge in [-0.25, -0.2) is 4.98 Å². The van der Waals surface area contributed by atoms with E-state index in [4.69, 9.17) is 11.6 Å². The van der Waals surface area contributed by atoms with Crippen molar-refractivity contribution >= 4 is 34.0 Å². The summed E-state index contributed by atoms with van der Waals surface area (Å²) in [5, 5.41) is 5.95. The van der Waals surface area contributed by atoms with Crippen molar-refractivity contribution in [1.29, 1.82) is 0 Å². The molecule has 0 bridgehead atoms. The topological polar surface area (TPSA) is 61.0 Å². The molecule has 1 fully saturated rings. The molecule has 118 valence electrons. The largest absolute Gasteiger partial charge is 0.356 e. The predicted molar refractivity (Wildman–Crippen MR) is 89.5 cm³/mol. The van der Waals surface area contributed by atoms with E-state index in [0.29, 0.717) is 15.8 Å². The van der Waals surface area contributed by atoms with Gasteiger partial charge in [0.15, 0.2) is 5.13 Å². The summed E-state index contributed by atoms with van der Waals surface area (Å²) in [4.78, 5) is 21.8. The number of rotatable bonds is 4. The number of aromatic amines is 1. The van der Waals surface area contributed by atoms with Gasteiger partial charge in [0.2, 0.25) is 0 Å². The van der Waals surface area contributed by atoms with Gasteiger partial charge in [-0.3, -0.25) is 15.0 Å². The molecule has 2 aromatic heterocycles. The van der Waals surface area contributed by atoms with E-state index in [9.17, 15) is 4.79 Å². The Balaban J connectivity index is 1.58. The normalized spacial score (nSPS) is 19.3. The Bertz CT molecular complexity index is 654. The Hall–Kier alpha value is -1.37. The fraction of sp³-hybridized carbons (Fsp3) is 0.467. The fourth-order valence-electron chi connectivity index (χ4n) is 2.76. The van der Waals surface area contributed by atoms with Crippen LogP contribution in [0.5, 0.6) is 0 Å². The van der Waals surface area contributed by atoms with Gasteiger partial charge in [-0.2, -0.15) is 0 Å². The summed E-state index contributed by atoms with van der Waals surface area (Å²) < 4.78 is 0. The van der Waals surface area contributed by atoms with Gasteiger partial charge in [-0.05, 0) is 31.4 Å². The van der Waals surface area contributed by atoms with Crippen LogP contribution in [0.4, 0.5) is 5.13 Å². The van der Waals surface area contributed by atoms with Crippen LogP contribution in [-0.2, 0) is 6.54 Å². The molecule has 0 aromatic carbocycles. The zero-order chi connectivity index (χ0) is 15.5. The first-order valence-corrected chi connectivity index (χ1v) is 8.68. The summed E-state index contributed by atoms with van der Waals surface area (Å²) in [5.74, 6) is 0.531. The number of nitrogens with zero attached hydrogens (tertiary/aromatic N) is 2. The van der Waals surface area contributed by atoms with E-state index < -0.39 is 0 Å². The Morgan fingerprint density at radius 2 is 2.50 bits per heavy atom. The number of hydrogen-bond acceptors (Lipinski definition) is 4. The number of H-pyrrole nitrogens is 1. The molecular weight excluding hydrogens is 320 g/mol. The molecule has 3 rings (SSSR count). The molecule has 0 saturated carbocycles. The van der Waals surface area contributed by atoms with Crippen LogP contribution >= 0.6 is 22.9 Å². The van der Waals surface area contributed by atoms with Gasteiger partial charge in [0.1, 0.15) is 5.69 Å². The van der Waals surface area contributed by atoms with E-state index in [0.717, 1.165) is 31.2 Å². The van der Waals surface area contributed by atoms with Crippen LogP contribution in [0.3, 0.4) is 0 Å². The third kappa shape index (κ3) is 3.88. The Kier molecular flexibility index (Phi) is 4.81. The second-order valence-corrected chi connectivity index (χ2v) is 7.11. The number of hydrogen-bond donors (Lipinski definition) is 2. The summed E-state index contributed by atoms with van der Waals surface area (Å²) >= 11 is 7.25. The van der Waals surface area contributed by atoms with Crippen molar-refractivity contribution in [3.8, 4) is 0 Å². The first-order chi connectivity index (χ1) is 10.6. The molecule has 0 aliphatic carbocycles. The monoisotopic (exact) mass is 338 g/mol. The Morgan fingerprint density at radius 3 is 3.23 bits per heavy atom. The average Bonchev–Trinajstić information content (AvgIpc) is 3.08. The van der Waals surface area contributed by atoms with E-state index in [2.05, 4.69) is 27.1 Å². The van der Waals surface area contributed by atoms with Crippen molar-refractivity contribution < 1.29 is 4.79 Å². The van der Waals surface area contributed by atoms with Crippen LogP contribution in [0, 0.1) is 5.92 Å². The van der Waals surface area contributed by atoms with Crippen molar-refractivity contribution in [3.63, 3.8) is 0 Å². The molecule has 1 unspecified atom stereocenters. The summed E-state index contributed by atoms with van der Waals surface area (Å²) in [5.41, 5.74) is 1.45. The first-order valence-electron chi connectivity index (χ1n) is 7.42. The van der Waals surface area contributed by atoms with E-state index >= 15 is 0 Å². The lowest BCUT2D eigenvalue weighted by molar-refractivity contribution is 0.102. The molecule has 2 N–H and O–H groups in total. The number of carbonyl (C=O) groups is 1. The number of carbonyl (C=O) groups excluding carboxylic acids is 1. The lowest BCUT2D eigenvalue weighted by Gasteiger charge is -2.30. The molecule has 5 nitrogen and oxygen atoms in total. The minimum Gasteiger partial charge on any atom is -0.356 e. The van der Waals surface area contributed by atoms with Crippen LogP contribution in [0.1, 0.15) is 35.9 Å². The number of halogens is 1. The highest BCUT2D eigenvalue weighted by molar-refractivity contribution is 7.13. The lowest BCUT2D eigenvalue weighted by atomic mass is 10.0. The van der Waals surface area contributed by atoms with E-state index in [1.807, 2.05) is 5.38 Å². The highest BCUT2D eigenvalue weighted by atomic mass is 35.5.